The molecule has 2 aromatic rings. The highest BCUT2D eigenvalue weighted by Crippen LogP contribution is 2.25. The zero-order chi connectivity index (χ0) is 15.7. The third-order valence-corrected chi connectivity index (χ3v) is 6.94. The maximum atomic E-state index is 12.3. The summed E-state index contributed by atoms with van der Waals surface area (Å²) in [6.07, 6.45) is 1.56. The zero-order valence-corrected chi connectivity index (χ0v) is 15.3. The Labute approximate surface area is 137 Å². The monoisotopic (exact) mass is 388 g/mol. The van der Waals surface area contributed by atoms with Crippen molar-refractivity contribution in [2.24, 2.45) is 0 Å². The highest BCUT2D eigenvalue weighted by molar-refractivity contribution is 9.11. The van der Waals surface area contributed by atoms with Gasteiger partial charge in [-0.1, -0.05) is 0 Å². The molecule has 0 spiro atoms. The molecule has 7 heteroatoms. The van der Waals surface area contributed by atoms with E-state index in [0.717, 1.165) is 9.47 Å². The van der Waals surface area contributed by atoms with Crippen LogP contribution in [-0.2, 0) is 16.4 Å². The Balaban J connectivity index is 2.09. The molecule has 0 saturated heterocycles. The van der Waals surface area contributed by atoms with E-state index in [1.807, 2.05) is 12.1 Å². The quantitative estimate of drug-likeness (QED) is 0.856. The second kappa shape index (κ2) is 6.06. The molecule has 0 saturated carbocycles. The number of anilines is 1. The number of hydrogen-bond acceptors (Lipinski definition) is 5. The van der Waals surface area contributed by atoms with E-state index >= 15 is 0 Å². The number of thiophene rings is 1. The Morgan fingerprint density at radius 1 is 1.24 bits per heavy atom. The van der Waals surface area contributed by atoms with Crippen LogP contribution >= 0.6 is 27.3 Å². The molecule has 0 aliphatic carbocycles. The molecular weight excluding hydrogens is 372 g/mol. The van der Waals surface area contributed by atoms with Crippen LogP contribution < -0.4 is 5.32 Å². The minimum atomic E-state index is -3.40. The molecule has 0 bridgehead atoms. The van der Waals surface area contributed by atoms with Crippen molar-refractivity contribution in [2.45, 2.75) is 37.1 Å². The van der Waals surface area contributed by atoms with Gasteiger partial charge in [-0.05, 0) is 61.0 Å². The fourth-order valence-corrected chi connectivity index (χ4v) is 4.08. The largest absolute Gasteiger partial charge is 0.379 e. The summed E-state index contributed by atoms with van der Waals surface area (Å²) in [6, 6.07) is 7.33. The molecule has 2 aromatic heterocycles. The molecule has 0 unspecified atom stereocenters. The van der Waals surface area contributed by atoms with Crippen LogP contribution in [0.15, 0.2) is 39.3 Å². The van der Waals surface area contributed by atoms with Gasteiger partial charge in [-0.15, -0.1) is 11.3 Å². The molecule has 0 aliphatic heterocycles. The van der Waals surface area contributed by atoms with Crippen LogP contribution in [0.3, 0.4) is 0 Å². The molecule has 0 radical (unpaired) electrons. The van der Waals surface area contributed by atoms with Crippen LogP contribution in [0.5, 0.6) is 0 Å². The fourth-order valence-electron chi connectivity index (χ4n) is 1.59. The van der Waals surface area contributed by atoms with Crippen molar-refractivity contribution in [3.05, 3.63) is 39.1 Å². The van der Waals surface area contributed by atoms with Gasteiger partial charge in [0.25, 0.3) is 0 Å². The van der Waals surface area contributed by atoms with Crippen LogP contribution in [-0.4, -0.2) is 18.1 Å². The van der Waals surface area contributed by atoms with Crippen molar-refractivity contribution >= 4 is 42.8 Å². The Morgan fingerprint density at radius 3 is 2.43 bits per heavy atom. The summed E-state index contributed by atoms with van der Waals surface area (Å²) in [6.45, 7) is 5.70. The van der Waals surface area contributed by atoms with Crippen LogP contribution in [0.1, 0.15) is 25.6 Å². The highest BCUT2D eigenvalue weighted by atomic mass is 79.9. The maximum absolute atomic E-state index is 12.3. The Morgan fingerprint density at radius 2 is 1.95 bits per heavy atom. The van der Waals surface area contributed by atoms with Crippen molar-refractivity contribution in [1.82, 2.24) is 4.98 Å². The van der Waals surface area contributed by atoms with Gasteiger partial charge in [0.05, 0.1) is 20.4 Å². The first-order chi connectivity index (χ1) is 9.70. The van der Waals surface area contributed by atoms with Crippen LogP contribution in [0, 0.1) is 0 Å². The second-order valence-corrected chi connectivity index (χ2v) is 10.8. The molecule has 21 heavy (non-hydrogen) atoms. The lowest BCUT2D eigenvalue weighted by Crippen LogP contribution is -2.28. The molecule has 0 fully saturated rings. The SMILES string of the molecule is CC(C)(C)S(=O)(=O)c1ccc(NCc2ccc(Br)s2)cn1. The van der Waals surface area contributed by atoms with Crippen LogP contribution in [0.4, 0.5) is 5.69 Å². The molecule has 0 amide bonds. The Kier molecular flexibility index (Phi) is 4.75. The van der Waals surface area contributed by atoms with E-state index in [2.05, 4.69) is 26.2 Å². The fraction of sp³-hybridized carbons (Fsp3) is 0.357. The summed E-state index contributed by atoms with van der Waals surface area (Å²) in [7, 11) is -3.40. The van der Waals surface area contributed by atoms with Crippen molar-refractivity contribution in [3.63, 3.8) is 0 Å². The first-order valence-electron chi connectivity index (χ1n) is 6.39. The van der Waals surface area contributed by atoms with E-state index in [1.54, 1.807) is 50.4 Å². The topological polar surface area (TPSA) is 59.1 Å². The van der Waals surface area contributed by atoms with Gasteiger partial charge in [-0.2, -0.15) is 0 Å². The van der Waals surface area contributed by atoms with E-state index in [9.17, 15) is 8.42 Å². The number of nitrogens with one attached hydrogen (secondary N) is 1. The number of halogens is 1. The van der Waals surface area contributed by atoms with Gasteiger partial charge >= 0.3 is 0 Å². The number of sulfone groups is 1. The van der Waals surface area contributed by atoms with Gasteiger partial charge in [0.15, 0.2) is 14.9 Å². The lowest BCUT2D eigenvalue weighted by atomic mass is 10.3. The Bertz CT molecular complexity index is 716. The summed E-state index contributed by atoms with van der Waals surface area (Å²) in [5.74, 6) is 0. The van der Waals surface area contributed by atoms with E-state index < -0.39 is 14.6 Å². The molecule has 0 aromatic carbocycles. The predicted molar refractivity (Wildman–Crippen MR) is 90.5 cm³/mol. The van der Waals surface area contributed by atoms with E-state index in [1.165, 1.54) is 4.88 Å². The lowest BCUT2D eigenvalue weighted by molar-refractivity contribution is 0.556. The molecule has 1 N–H and O–H groups in total. The van der Waals surface area contributed by atoms with Gasteiger partial charge in [0, 0.05) is 11.4 Å². The van der Waals surface area contributed by atoms with Crippen molar-refractivity contribution in [3.8, 4) is 0 Å². The van der Waals surface area contributed by atoms with Gasteiger partial charge in [-0.25, -0.2) is 13.4 Å². The minimum Gasteiger partial charge on any atom is -0.379 e. The van der Waals surface area contributed by atoms with Gasteiger partial charge in [-0.3, -0.25) is 0 Å². The molecule has 0 atom stereocenters. The standard InChI is InChI=1S/C14H17BrN2O2S2/c1-14(2,3)21(18,19)13-7-4-10(8-17-13)16-9-11-5-6-12(15)20-11/h4-8,16H,9H2,1-3H3. The average molecular weight is 389 g/mol. The van der Waals surface area contributed by atoms with Crippen molar-refractivity contribution in [1.29, 1.82) is 0 Å². The third kappa shape index (κ3) is 3.84. The summed E-state index contributed by atoms with van der Waals surface area (Å²) in [5.41, 5.74) is 0.799. The summed E-state index contributed by atoms with van der Waals surface area (Å²) >= 11 is 5.08. The summed E-state index contributed by atoms with van der Waals surface area (Å²) in [4.78, 5) is 5.27. The molecule has 0 aliphatic rings. The second-order valence-electron chi connectivity index (χ2n) is 5.56. The molecular formula is C14H17BrN2O2S2. The first kappa shape index (κ1) is 16.5. The van der Waals surface area contributed by atoms with E-state index in [-0.39, 0.29) is 5.03 Å². The third-order valence-electron chi connectivity index (χ3n) is 2.91. The number of nitrogens with zero attached hydrogens (tertiary/aromatic N) is 1. The highest BCUT2D eigenvalue weighted by Gasteiger charge is 2.31. The lowest BCUT2D eigenvalue weighted by Gasteiger charge is -2.18. The molecule has 2 rings (SSSR count). The molecule has 4 nitrogen and oxygen atoms in total. The normalized spacial score (nSPS) is 12.4. The van der Waals surface area contributed by atoms with Gasteiger partial charge < -0.3 is 5.32 Å². The number of aromatic nitrogens is 1. The van der Waals surface area contributed by atoms with Crippen molar-refractivity contribution < 1.29 is 8.42 Å². The first-order valence-corrected chi connectivity index (χ1v) is 9.48. The predicted octanol–water partition coefficient (Wildman–Crippen LogP) is 4.09. The number of hydrogen-bond donors (Lipinski definition) is 1. The number of pyridine rings is 1. The van der Waals surface area contributed by atoms with Crippen LogP contribution in [0.25, 0.3) is 0 Å². The summed E-state index contributed by atoms with van der Waals surface area (Å²) in [5, 5.41) is 3.33. The summed E-state index contributed by atoms with van der Waals surface area (Å²) < 4.78 is 24.8. The van der Waals surface area contributed by atoms with Gasteiger partial charge in [0.1, 0.15) is 0 Å². The average Bonchev–Trinajstić information content (AvgIpc) is 2.81. The molecule has 114 valence electrons. The number of rotatable bonds is 4. The van der Waals surface area contributed by atoms with Gasteiger partial charge in [0.2, 0.25) is 0 Å². The zero-order valence-electron chi connectivity index (χ0n) is 12.1. The van der Waals surface area contributed by atoms with Crippen LogP contribution in [0.2, 0.25) is 0 Å². The minimum absolute atomic E-state index is 0.111. The molecule has 2 heterocycles. The maximum Gasteiger partial charge on any atom is 0.200 e. The smallest absolute Gasteiger partial charge is 0.200 e. The Hall–Kier alpha value is -0.920. The van der Waals surface area contributed by atoms with Crippen molar-refractivity contribution in [2.75, 3.05) is 5.32 Å². The van der Waals surface area contributed by atoms with E-state index in [0.29, 0.717) is 6.54 Å². The van der Waals surface area contributed by atoms with E-state index in [4.69, 9.17) is 0 Å².